The zero-order valence-electron chi connectivity index (χ0n) is 24.5. The number of hydrogen-bond donors (Lipinski definition) is 1. The maximum atomic E-state index is 13.2. The highest BCUT2D eigenvalue weighted by atomic mass is 16.5. The molecule has 42 heavy (non-hydrogen) atoms. The van der Waals surface area contributed by atoms with Crippen LogP contribution in [0.2, 0.25) is 0 Å². The van der Waals surface area contributed by atoms with Crippen molar-refractivity contribution in [2.75, 3.05) is 39.7 Å². The third-order valence-corrected chi connectivity index (χ3v) is 8.55. The molecule has 0 atom stereocenters. The number of amides is 1. The van der Waals surface area contributed by atoms with Crippen molar-refractivity contribution in [1.29, 1.82) is 0 Å². The van der Waals surface area contributed by atoms with Gasteiger partial charge < -0.3 is 24.4 Å². The van der Waals surface area contributed by atoms with Crippen molar-refractivity contribution < 1.29 is 28.6 Å². The predicted molar refractivity (Wildman–Crippen MR) is 161 cm³/mol. The van der Waals surface area contributed by atoms with Crippen LogP contribution in [0, 0.1) is 0 Å². The summed E-state index contributed by atoms with van der Waals surface area (Å²) in [4.78, 5) is 40.2. The van der Waals surface area contributed by atoms with E-state index in [-0.39, 0.29) is 17.0 Å². The van der Waals surface area contributed by atoms with Gasteiger partial charge in [-0.3, -0.25) is 4.79 Å². The highest BCUT2D eigenvalue weighted by Crippen LogP contribution is 2.38. The molecule has 1 amide bonds. The lowest BCUT2D eigenvalue weighted by Crippen LogP contribution is -2.39. The molecule has 1 heterocycles. The van der Waals surface area contributed by atoms with Crippen molar-refractivity contribution >= 4 is 23.5 Å². The zero-order chi connectivity index (χ0) is 29.6. The number of nitrogens with zero attached hydrogens (tertiary/aromatic N) is 1. The van der Waals surface area contributed by atoms with Crippen molar-refractivity contribution in [3.05, 3.63) is 82.9 Å². The molecule has 1 saturated carbocycles. The fourth-order valence-corrected chi connectivity index (χ4v) is 6.26. The number of benzene rings is 3. The minimum Gasteiger partial charge on any atom is -0.496 e. The SMILES string of the molecule is COC(=O)c1cc(C(=O)OC)cc(-c2ccc(C(=O)Nc3ccc(OC)c(C4CCN(C5CCCC5)CC4)c3)cc2)c1. The number of hydrogen-bond acceptors (Lipinski definition) is 7. The molecule has 3 aromatic carbocycles. The Bertz CT molecular complexity index is 1400. The number of anilines is 1. The van der Waals surface area contributed by atoms with E-state index in [4.69, 9.17) is 14.2 Å². The summed E-state index contributed by atoms with van der Waals surface area (Å²) in [7, 11) is 4.26. The molecule has 0 unspecified atom stereocenters. The number of nitrogens with one attached hydrogen (secondary N) is 1. The largest absolute Gasteiger partial charge is 0.496 e. The highest BCUT2D eigenvalue weighted by Gasteiger charge is 2.29. The van der Waals surface area contributed by atoms with Gasteiger partial charge in [-0.25, -0.2) is 9.59 Å². The van der Waals surface area contributed by atoms with E-state index >= 15 is 0 Å². The molecule has 0 radical (unpaired) electrons. The van der Waals surface area contributed by atoms with E-state index in [0.29, 0.717) is 17.0 Å². The van der Waals surface area contributed by atoms with Crippen molar-refractivity contribution in [1.82, 2.24) is 4.90 Å². The van der Waals surface area contributed by atoms with Gasteiger partial charge in [-0.2, -0.15) is 0 Å². The maximum Gasteiger partial charge on any atom is 0.337 e. The van der Waals surface area contributed by atoms with Crippen molar-refractivity contribution in [3.8, 4) is 16.9 Å². The van der Waals surface area contributed by atoms with E-state index in [1.165, 1.54) is 46.0 Å². The molecule has 0 bridgehead atoms. The number of carbonyl (C=O) groups excluding carboxylic acids is 3. The first-order valence-corrected chi connectivity index (χ1v) is 14.6. The Morgan fingerprint density at radius 1 is 0.714 bits per heavy atom. The lowest BCUT2D eigenvalue weighted by molar-refractivity contribution is 0.0599. The van der Waals surface area contributed by atoms with Gasteiger partial charge in [0, 0.05) is 17.3 Å². The molecule has 1 N–H and O–H groups in total. The normalized spacial score (nSPS) is 16.2. The fourth-order valence-electron chi connectivity index (χ4n) is 6.26. The first-order chi connectivity index (χ1) is 20.4. The van der Waals surface area contributed by atoms with Crippen molar-refractivity contribution in [2.24, 2.45) is 0 Å². The maximum absolute atomic E-state index is 13.2. The average molecular weight is 571 g/mol. The van der Waals surface area contributed by atoms with Crippen molar-refractivity contribution in [2.45, 2.75) is 50.5 Å². The zero-order valence-corrected chi connectivity index (χ0v) is 24.5. The Hall–Kier alpha value is -4.17. The first kappa shape index (κ1) is 29.3. The van der Waals surface area contributed by atoms with Crippen LogP contribution < -0.4 is 10.1 Å². The van der Waals surface area contributed by atoms with Gasteiger partial charge in [0.05, 0.1) is 32.5 Å². The second-order valence-corrected chi connectivity index (χ2v) is 11.0. The Morgan fingerprint density at radius 3 is 1.90 bits per heavy atom. The summed E-state index contributed by atoms with van der Waals surface area (Å²) in [6, 6.07) is 18.3. The summed E-state index contributed by atoms with van der Waals surface area (Å²) >= 11 is 0. The molecule has 8 nitrogen and oxygen atoms in total. The standard InChI is InChI=1S/C34H38N2O6/c1-40-31-13-12-28(21-30(31)23-14-16-36(17-15-23)29-6-4-5-7-29)35-32(37)24-10-8-22(9-11-24)25-18-26(33(38)41-2)20-27(19-25)34(39)42-3/h8-13,18-21,23,29H,4-7,14-17H2,1-3H3,(H,35,37). The summed E-state index contributed by atoms with van der Waals surface area (Å²) in [6.07, 6.45) is 7.51. The summed E-state index contributed by atoms with van der Waals surface area (Å²) in [5.74, 6) is -0.0960. The molecule has 3 aromatic rings. The lowest BCUT2D eigenvalue weighted by atomic mass is 9.87. The number of piperidine rings is 1. The van der Waals surface area contributed by atoms with E-state index < -0.39 is 11.9 Å². The summed E-state index contributed by atoms with van der Waals surface area (Å²) in [5.41, 5.74) is 4.18. The fraction of sp³-hybridized carbons (Fsp3) is 0.382. The first-order valence-electron chi connectivity index (χ1n) is 14.6. The van der Waals surface area contributed by atoms with E-state index in [2.05, 4.69) is 10.2 Å². The summed E-state index contributed by atoms with van der Waals surface area (Å²) in [6.45, 7) is 2.20. The van der Waals surface area contributed by atoms with Crippen LogP contribution in [-0.4, -0.2) is 63.2 Å². The monoisotopic (exact) mass is 570 g/mol. The van der Waals surface area contributed by atoms with Crippen LogP contribution in [0.5, 0.6) is 5.75 Å². The Labute approximate surface area is 247 Å². The average Bonchev–Trinajstić information content (AvgIpc) is 3.59. The third-order valence-electron chi connectivity index (χ3n) is 8.55. The van der Waals surface area contributed by atoms with Crippen LogP contribution >= 0.6 is 0 Å². The third kappa shape index (κ3) is 6.49. The molecule has 0 spiro atoms. The van der Waals surface area contributed by atoms with E-state index in [9.17, 15) is 14.4 Å². The molecule has 8 heteroatoms. The molecule has 5 rings (SSSR count). The molecule has 0 aromatic heterocycles. The molecule has 1 aliphatic carbocycles. The van der Waals surface area contributed by atoms with Gasteiger partial charge in [0.2, 0.25) is 0 Å². The van der Waals surface area contributed by atoms with Gasteiger partial charge in [-0.1, -0.05) is 25.0 Å². The molecule has 2 aliphatic rings. The molecule has 1 saturated heterocycles. The van der Waals surface area contributed by atoms with E-state index in [1.54, 1.807) is 43.5 Å². The van der Waals surface area contributed by atoms with Gasteiger partial charge in [0.15, 0.2) is 0 Å². The van der Waals surface area contributed by atoms with Gasteiger partial charge >= 0.3 is 11.9 Å². The molecule has 1 aliphatic heterocycles. The predicted octanol–water partition coefficient (Wildman–Crippen LogP) is 6.31. The Morgan fingerprint density at radius 2 is 1.33 bits per heavy atom. The van der Waals surface area contributed by atoms with Gasteiger partial charge in [-0.05, 0) is 110 Å². The minimum atomic E-state index is -0.559. The molecular formula is C34H38N2O6. The van der Waals surface area contributed by atoms with E-state index in [1.807, 2.05) is 18.2 Å². The Balaban J connectivity index is 1.29. The van der Waals surface area contributed by atoms with Crippen LogP contribution in [0.15, 0.2) is 60.7 Å². The van der Waals surface area contributed by atoms with Crippen LogP contribution in [0.25, 0.3) is 11.1 Å². The number of carbonyl (C=O) groups is 3. The number of rotatable bonds is 8. The van der Waals surface area contributed by atoms with E-state index in [0.717, 1.165) is 54.5 Å². The molecule has 220 valence electrons. The van der Waals surface area contributed by atoms with Crippen LogP contribution in [0.3, 0.4) is 0 Å². The smallest absolute Gasteiger partial charge is 0.337 e. The Kier molecular flexibility index (Phi) is 9.22. The number of esters is 2. The van der Waals surface area contributed by atoms with Gasteiger partial charge in [-0.15, -0.1) is 0 Å². The van der Waals surface area contributed by atoms with Crippen molar-refractivity contribution in [3.63, 3.8) is 0 Å². The van der Waals surface area contributed by atoms with Crippen LogP contribution in [0.1, 0.15) is 81.1 Å². The molecular weight excluding hydrogens is 532 g/mol. The number of ether oxygens (including phenoxy) is 3. The molecule has 2 fully saturated rings. The number of likely N-dealkylation sites (tertiary alicyclic amines) is 1. The van der Waals surface area contributed by atoms with Crippen LogP contribution in [0.4, 0.5) is 5.69 Å². The topological polar surface area (TPSA) is 94.2 Å². The lowest BCUT2D eigenvalue weighted by Gasteiger charge is -2.36. The van der Waals surface area contributed by atoms with Gasteiger partial charge in [0.25, 0.3) is 5.91 Å². The second kappa shape index (κ2) is 13.2. The van der Waals surface area contributed by atoms with Gasteiger partial charge in [0.1, 0.15) is 5.75 Å². The quantitative estimate of drug-likeness (QED) is 0.317. The van der Waals surface area contributed by atoms with Crippen LogP contribution in [-0.2, 0) is 9.47 Å². The number of methoxy groups -OCH3 is 3. The highest BCUT2D eigenvalue weighted by molar-refractivity contribution is 6.04. The summed E-state index contributed by atoms with van der Waals surface area (Å²) in [5, 5.41) is 3.04. The second-order valence-electron chi connectivity index (χ2n) is 11.0. The minimum absolute atomic E-state index is 0.229. The summed E-state index contributed by atoms with van der Waals surface area (Å²) < 4.78 is 15.4.